The molecule has 2 aromatic rings. The van der Waals surface area contributed by atoms with Gasteiger partial charge in [-0.05, 0) is 31.5 Å². The summed E-state index contributed by atoms with van der Waals surface area (Å²) in [4.78, 5) is 14.1. The van der Waals surface area contributed by atoms with E-state index < -0.39 is 17.8 Å². The summed E-state index contributed by atoms with van der Waals surface area (Å²) in [7, 11) is 1.36. The van der Waals surface area contributed by atoms with Gasteiger partial charge in [-0.15, -0.1) is 0 Å². The number of hydrogen-bond acceptors (Lipinski definition) is 4. The molecule has 1 amide bonds. The van der Waals surface area contributed by atoms with E-state index >= 15 is 0 Å². The number of aliphatic hydroxyl groups excluding tert-OH is 1. The Kier molecular flexibility index (Phi) is 4.53. The summed E-state index contributed by atoms with van der Waals surface area (Å²) in [6.45, 7) is 2.45. The van der Waals surface area contributed by atoms with Crippen LogP contribution in [0.2, 0.25) is 0 Å². The van der Waals surface area contributed by atoms with Crippen molar-refractivity contribution in [1.29, 1.82) is 0 Å². The lowest BCUT2D eigenvalue weighted by Gasteiger charge is -2.17. The normalized spacial score (nSPS) is 20.4. The highest BCUT2D eigenvalue weighted by Crippen LogP contribution is 2.26. The number of likely N-dealkylation sites (tertiary alicyclic amines) is 1. The van der Waals surface area contributed by atoms with Crippen molar-refractivity contribution >= 4 is 5.91 Å². The van der Waals surface area contributed by atoms with E-state index in [2.05, 4.69) is 10.2 Å². The number of aliphatic hydroxyl groups is 1. The first kappa shape index (κ1) is 16.4. The molecular formula is C17H20FN3O3. The quantitative estimate of drug-likeness (QED) is 0.890. The Balaban J connectivity index is 1.73. The summed E-state index contributed by atoms with van der Waals surface area (Å²) >= 11 is 0. The van der Waals surface area contributed by atoms with E-state index in [9.17, 15) is 14.3 Å². The Morgan fingerprint density at radius 1 is 1.50 bits per heavy atom. The Morgan fingerprint density at radius 2 is 2.29 bits per heavy atom. The lowest BCUT2D eigenvalue weighted by Crippen LogP contribution is -2.30. The van der Waals surface area contributed by atoms with Crippen molar-refractivity contribution in [3.05, 3.63) is 47.0 Å². The summed E-state index contributed by atoms with van der Waals surface area (Å²) in [5.74, 6) is -1.20. The van der Waals surface area contributed by atoms with E-state index in [0.717, 1.165) is 11.4 Å². The molecule has 3 rings (SSSR count). The van der Waals surface area contributed by atoms with Crippen molar-refractivity contribution in [2.75, 3.05) is 20.2 Å². The first-order valence-corrected chi connectivity index (χ1v) is 7.80. The SMILES string of the molecule is COc1cccc(C(=O)N2CC(O)C(Cc3cc(C)[nH]n3)C2)c1F. The van der Waals surface area contributed by atoms with Crippen molar-refractivity contribution in [2.24, 2.45) is 5.92 Å². The van der Waals surface area contributed by atoms with Gasteiger partial charge in [0.05, 0.1) is 24.5 Å². The second kappa shape index (κ2) is 6.60. The van der Waals surface area contributed by atoms with Crippen LogP contribution in [0, 0.1) is 18.7 Å². The monoisotopic (exact) mass is 333 g/mol. The van der Waals surface area contributed by atoms with E-state index in [0.29, 0.717) is 13.0 Å². The highest BCUT2D eigenvalue weighted by Gasteiger charge is 2.35. The number of ether oxygens (including phenoxy) is 1. The van der Waals surface area contributed by atoms with Crippen LogP contribution < -0.4 is 4.74 Å². The van der Waals surface area contributed by atoms with E-state index in [1.165, 1.54) is 24.1 Å². The van der Waals surface area contributed by atoms with Gasteiger partial charge in [0.25, 0.3) is 5.91 Å². The molecule has 2 atom stereocenters. The summed E-state index contributed by atoms with van der Waals surface area (Å²) in [6.07, 6.45) is -0.0878. The molecule has 1 saturated heterocycles. The molecule has 1 aliphatic rings. The Labute approximate surface area is 139 Å². The maximum Gasteiger partial charge on any atom is 0.257 e. The lowest BCUT2D eigenvalue weighted by atomic mass is 10.0. The second-order valence-electron chi connectivity index (χ2n) is 6.11. The largest absolute Gasteiger partial charge is 0.494 e. The van der Waals surface area contributed by atoms with Gasteiger partial charge in [0, 0.05) is 24.7 Å². The van der Waals surface area contributed by atoms with E-state index in [1.807, 2.05) is 13.0 Å². The minimum Gasteiger partial charge on any atom is -0.494 e. The topological polar surface area (TPSA) is 78.5 Å². The molecule has 1 fully saturated rings. The number of methoxy groups -OCH3 is 1. The number of carbonyl (C=O) groups excluding carboxylic acids is 1. The van der Waals surface area contributed by atoms with Gasteiger partial charge < -0.3 is 14.7 Å². The van der Waals surface area contributed by atoms with Gasteiger partial charge in [0.1, 0.15) is 0 Å². The van der Waals surface area contributed by atoms with Crippen LogP contribution in [0.5, 0.6) is 5.75 Å². The fourth-order valence-corrected chi connectivity index (χ4v) is 3.07. The number of rotatable bonds is 4. The van der Waals surface area contributed by atoms with Crippen molar-refractivity contribution in [1.82, 2.24) is 15.1 Å². The van der Waals surface area contributed by atoms with Crippen LogP contribution in [0.25, 0.3) is 0 Å². The molecule has 24 heavy (non-hydrogen) atoms. The molecule has 2 N–H and O–H groups in total. The number of nitrogens with zero attached hydrogens (tertiary/aromatic N) is 2. The number of carbonyl (C=O) groups is 1. The predicted octanol–water partition coefficient (Wildman–Crippen LogP) is 1.54. The number of halogens is 1. The summed E-state index contributed by atoms with van der Waals surface area (Å²) in [5.41, 5.74) is 1.75. The van der Waals surface area contributed by atoms with Crippen LogP contribution in [0.15, 0.2) is 24.3 Å². The van der Waals surface area contributed by atoms with Crippen molar-refractivity contribution in [2.45, 2.75) is 19.4 Å². The maximum atomic E-state index is 14.3. The minimum atomic E-state index is -0.675. The standard InChI is InChI=1S/C17H20FN3O3/c1-10-6-12(20-19-10)7-11-8-21(9-14(11)22)17(23)13-4-3-5-15(24-2)16(13)18/h3-6,11,14,22H,7-9H2,1-2H3,(H,19,20). The third-order valence-electron chi connectivity index (χ3n) is 4.34. The summed E-state index contributed by atoms with van der Waals surface area (Å²) < 4.78 is 19.2. The Hall–Kier alpha value is -2.41. The van der Waals surface area contributed by atoms with Crippen molar-refractivity contribution < 1.29 is 19.0 Å². The van der Waals surface area contributed by atoms with Crippen LogP contribution in [-0.4, -0.2) is 52.4 Å². The second-order valence-corrected chi connectivity index (χ2v) is 6.11. The number of H-pyrrole nitrogens is 1. The van der Waals surface area contributed by atoms with Crippen molar-refractivity contribution in [3.8, 4) is 5.75 Å². The molecule has 1 aliphatic heterocycles. The average molecular weight is 333 g/mol. The predicted molar refractivity (Wildman–Crippen MR) is 85.4 cm³/mol. The molecule has 128 valence electrons. The van der Waals surface area contributed by atoms with Gasteiger partial charge in [-0.25, -0.2) is 4.39 Å². The summed E-state index contributed by atoms with van der Waals surface area (Å²) in [5, 5.41) is 17.3. The molecule has 0 spiro atoms. The molecule has 2 unspecified atom stereocenters. The smallest absolute Gasteiger partial charge is 0.257 e. The molecule has 7 heteroatoms. The zero-order valence-electron chi connectivity index (χ0n) is 13.6. The first-order chi connectivity index (χ1) is 11.5. The zero-order valence-corrected chi connectivity index (χ0v) is 13.6. The number of aromatic amines is 1. The van der Waals surface area contributed by atoms with Gasteiger partial charge in [0.15, 0.2) is 11.6 Å². The number of hydrogen-bond donors (Lipinski definition) is 2. The van der Waals surface area contributed by atoms with Crippen molar-refractivity contribution in [3.63, 3.8) is 0 Å². The molecular weight excluding hydrogens is 313 g/mol. The number of β-amino-alcohol motifs (C(OH)–C–C–N with tert-alkyl or cyclic N) is 1. The summed E-state index contributed by atoms with van der Waals surface area (Å²) in [6, 6.07) is 6.38. The minimum absolute atomic E-state index is 0.0316. The van der Waals surface area contributed by atoms with Crippen LogP contribution in [0.4, 0.5) is 4.39 Å². The van der Waals surface area contributed by atoms with Gasteiger partial charge in [-0.2, -0.15) is 5.10 Å². The lowest BCUT2D eigenvalue weighted by molar-refractivity contribution is 0.0759. The first-order valence-electron chi connectivity index (χ1n) is 7.80. The van der Waals surface area contributed by atoms with Crippen LogP contribution >= 0.6 is 0 Å². The molecule has 0 radical (unpaired) electrons. The average Bonchev–Trinajstić information content (AvgIpc) is 3.13. The van der Waals surface area contributed by atoms with Crippen LogP contribution in [0.3, 0.4) is 0 Å². The molecule has 2 heterocycles. The number of aryl methyl sites for hydroxylation is 1. The third kappa shape index (κ3) is 3.12. The molecule has 0 aliphatic carbocycles. The molecule has 6 nitrogen and oxygen atoms in total. The maximum absolute atomic E-state index is 14.3. The van der Waals surface area contributed by atoms with Crippen LogP contribution in [0.1, 0.15) is 21.7 Å². The van der Waals surface area contributed by atoms with Gasteiger partial charge in [-0.1, -0.05) is 6.07 Å². The Bertz CT molecular complexity index is 746. The number of nitrogens with one attached hydrogen (secondary N) is 1. The fourth-order valence-electron chi connectivity index (χ4n) is 3.07. The highest BCUT2D eigenvalue weighted by atomic mass is 19.1. The number of aromatic nitrogens is 2. The van der Waals surface area contributed by atoms with Crippen LogP contribution in [-0.2, 0) is 6.42 Å². The fraction of sp³-hybridized carbons (Fsp3) is 0.412. The molecule has 0 bridgehead atoms. The van der Waals surface area contributed by atoms with Gasteiger partial charge >= 0.3 is 0 Å². The third-order valence-corrected chi connectivity index (χ3v) is 4.34. The van der Waals surface area contributed by atoms with E-state index in [4.69, 9.17) is 4.74 Å². The molecule has 0 saturated carbocycles. The molecule has 1 aromatic carbocycles. The Morgan fingerprint density at radius 3 is 2.96 bits per heavy atom. The zero-order chi connectivity index (χ0) is 17.3. The number of amides is 1. The van der Waals surface area contributed by atoms with E-state index in [-0.39, 0.29) is 23.8 Å². The molecule has 1 aromatic heterocycles. The van der Waals surface area contributed by atoms with E-state index in [1.54, 1.807) is 6.07 Å². The van der Waals surface area contributed by atoms with Gasteiger partial charge in [-0.3, -0.25) is 9.89 Å². The number of benzene rings is 1. The highest BCUT2D eigenvalue weighted by molar-refractivity contribution is 5.95. The van der Waals surface area contributed by atoms with Gasteiger partial charge in [0.2, 0.25) is 0 Å².